The number of anilines is 2. The molecule has 1 fully saturated rings. The molecule has 1 aliphatic heterocycles. The predicted molar refractivity (Wildman–Crippen MR) is 66.5 cm³/mol. The summed E-state index contributed by atoms with van der Waals surface area (Å²) in [6.07, 6.45) is -2.20. The minimum atomic E-state index is -4.34. The van der Waals surface area contributed by atoms with E-state index in [1.807, 2.05) is 4.90 Å². The normalized spacial score (nSPS) is 21.1. The fraction of sp³-hybridized carbons (Fsp3) is 0.538. The SMILES string of the molecule is C[C@@H]1CCCN(c2cc(N)cc(C(F)(F)F)c2)C1. The van der Waals surface area contributed by atoms with Gasteiger partial charge in [0.2, 0.25) is 0 Å². The van der Waals surface area contributed by atoms with Crippen molar-refractivity contribution in [1.82, 2.24) is 0 Å². The molecule has 5 heteroatoms. The van der Waals surface area contributed by atoms with Gasteiger partial charge >= 0.3 is 6.18 Å². The summed E-state index contributed by atoms with van der Waals surface area (Å²) in [7, 11) is 0. The van der Waals surface area contributed by atoms with Crippen molar-refractivity contribution in [1.29, 1.82) is 0 Å². The molecule has 0 spiro atoms. The summed E-state index contributed by atoms with van der Waals surface area (Å²) in [6, 6.07) is 3.79. The van der Waals surface area contributed by atoms with Gasteiger partial charge in [0.25, 0.3) is 0 Å². The lowest BCUT2D eigenvalue weighted by Crippen LogP contribution is -2.34. The van der Waals surface area contributed by atoms with Crippen LogP contribution in [0.25, 0.3) is 0 Å². The Balaban J connectivity index is 2.30. The number of nitrogens with two attached hydrogens (primary N) is 1. The van der Waals surface area contributed by atoms with Crippen LogP contribution in [0.4, 0.5) is 24.5 Å². The second-order valence-corrected chi connectivity index (χ2v) is 5.00. The van der Waals surface area contributed by atoms with Crippen LogP contribution >= 0.6 is 0 Å². The van der Waals surface area contributed by atoms with Crippen molar-refractivity contribution in [2.75, 3.05) is 23.7 Å². The van der Waals surface area contributed by atoms with Crippen LogP contribution in [0.3, 0.4) is 0 Å². The zero-order valence-electron chi connectivity index (χ0n) is 10.3. The van der Waals surface area contributed by atoms with E-state index >= 15 is 0 Å². The quantitative estimate of drug-likeness (QED) is 0.781. The summed E-state index contributed by atoms with van der Waals surface area (Å²) in [6.45, 7) is 3.70. The van der Waals surface area contributed by atoms with Crippen molar-refractivity contribution in [3.63, 3.8) is 0 Å². The lowest BCUT2D eigenvalue weighted by atomic mass is 9.99. The fourth-order valence-electron chi connectivity index (χ4n) is 2.40. The van der Waals surface area contributed by atoms with Crippen molar-refractivity contribution in [2.24, 2.45) is 5.92 Å². The molecule has 0 radical (unpaired) electrons. The standard InChI is InChI=1S/C13H17F3N2/c1-9-3-2-4-18(8-9)12-6-10(13(14,15)16)5-11(17)7-12/h5-7,9H,2-4,8,17H2,1H3/t9-/m1/s1. The molecular weight excluding hydrogens is 241 g/mol. The molecule has 0 aliphatic carbocycles. The van der Waals surface area contributed by atoms with Crippen LogP contribution in [0.2, 0.25) is 0 Å². The number of hydrogen-bond acceptors (Lipinski definition) is 2. The molecule has 0 saturated carbocycles. The highest BCUT2D eigenvalue weighted by atomic mass is 19.4. The van der Waals surface area contributed by atoms with Gasteiger partial charge in [-0.25, -0.2) is 0 Å². The molecule has 1 aromatic carbocycles. The van der Waals surface area contributed by atoms with Crippen LogP contribution in [0, 0.1) is 5.92 Å². The van der Waals surface area contributed by atoms with Gasteiger partial charge in [-0.1, -0.05) is 6.92 Å². The first kappa shape index (κ1) is 13.1. The number of hydrogen-bond donors (Lipinski definition) is 1. The summed E-state index contributed by atoms with van der Waals surface area (Å²) in [5, 5.41) is 0. The second-order valence-electron chi connectivity index (χ2n) is 5.00. The Kier molecular flexibility index (Phi) is 3.41. The molecular formula is C13H17F3N2. The Labute approximate surface area is 105 Å². The molecule has 0 amide bonds. The van der Waals surface area contributed by atoms with Gasteiger partial charge in [-0.2, -0.15) is 13.2 Å². The molecule has 100 valence electrons. The summed E-state index contributed by atoms with van der Waals surface area (Å²) < 4.78 is 38.2. The van der Waals surface area contributed by atoms with E-state index in [1.54, 1.807) is 6.07 Å². The fourth-order valence-corrected chi connectivity index (χ4v) is 2.40. The molecule has 1 aliphatic rings. The number of nitrogen functional groups attached to an aromatic ring is 1. The van der Waals surface area contributed by atoms with E-state index in [2.05, 4.69) is 6.92 Å². The summed E-state index contributed by atoms with van der Waals surface area (Å²) in [4.78, 5) is 1.99. The molecule has 1 atom stereocenters. The third kappa shape index (κ3) is 2.89. The second kappa shape index (κ2) is 4.71. The summed E-state index contributed by atoms with van der Waals surface area (Å²) in [5.74, 6) is 0.509. The number of rotatable bonds is 1. The predicted octanol–water partition coefficient (Wildman–Crippen LogP) is 3.52. The highest BCUT2D eigenvalue weighted by Gasteiger charge is 2.31. The van der Waals surface area contributed by atoms with Gasteiger partial charge in [-0.3, -0.25) is 0 Å². The lowest BCUT2D eigenvalue weighted by molar-refractivity contribution is -0.137. The molecule has 18 heavy (non-hydrogen) atoms. The average Bonchev–Trinajstić information content (AvgIpc) is 2.27. The summed E-state index contributed by atoms with van der Waals surface area (Å²) >= 11 is 0. The minimum absolute atomic E-state index is 0.165. The molecule has 2 nitrogen and oxygen atoms in total. The molecule has 1 heterocycles. The Hall–Kier alpha value is -1.39. The minimum Gasteiger partial charge on any atom is -0.399 e. The largest absolute Gasteiger partial charge is 0.416 e. The van der Waals surface area contributed by atoms with Gasteiger partial charge < -0.3 is 10.6 Å². The topological polar surface area (TPSA) is 29.3 Å². The van der Waals surface area contributed by atoms with Crippen molar-refractivity contribution in [3.05, 3.63) is 23.8 Å². The van der Waals surface area contributed by atoms with Crippen LogP contribution in [-0.2, 0) is 6.18 Å². The molecule has 0 bridgehead atoms. The third-order valence-corrected chi connectivity index (χ3v) is 3.29. The van der Waals surface area contributed by atoms with E-state index in [9.17, 15) is 13.2 Å². The number of piperidine rings is 1. The number of nitrogens with zero attached hydrogens (tertiary/aromatic N) is 1. The first-order valence-corrected chi connectivity index (χ1v) is 6.09. The van der Waals surface area contributed by atoms with E-state index < -0.39 is 11.7 Å². The van der Waals surface area contributed by atoms with Crippen LogP contribution in [-0.4, -0.2) is 13.1 Å². The monoisotopic (exact) mass is 258 g/mol. The first-order chi connectivity index (χ1) is 8.36. The number of alkyl halides is 3. The number of halogens is 3. The van der Waals surface area contributed by atoms with Gasteiger partial charge in [0.05, 0.1) is 5.56 Å². The molecule has 1 aromatic rings. The van der Waals surface area contributed by atoms with Gasteiger partial charge in [-0.15, -0.1) is 0 Å². The average molecular weight is 258 g/mol. The molecule has 2 N–H and O–H groups in total. The maximum absolute atomic E-state index is 12.7. The molecule has 0 unspecified atom stereocenters. The highest BCUT2D eigenvalue weighted by molar-refractivity contribution is 5.59. The zero-order valence-corrected chi connectivity index (χ0v) is 10.3. The van der Waals surface area contributed by atoms with Gasteiger partial charge in [0.15, 0.2) is 0 Å². The van der Waals surface area contributed by atoms with Gasteiger partial charge in [-0.05, 0) is 37.0 Å². The third-order valence-electron chi connectivity index (χ3n) is 3.29. The van der Waals surface area contributed by atoms with Crippen LogP contribution in [0.1, 0.15) is 25.3 Å². The number of benzene rings is 1. The first-order valence-electron chi connectivity index (χ1n) is 6.09. The van der Waals surface area contributed by atoms with Crippen LogP contribution in [0.15, 0.2) is 18.2 Å². The van der Waals surface area contributed by atoms with E-state index in [1.165, 1.54) is 6.07 Å². The zero-order chi connectivity index (χ0) is 13.3. The van der Waals surface area contributed by atoms with Crippen molar-refractivity contribution >= 4 is 11.4 Å². The summed E-state index contributed by atoms with van der Waals surface area (Å²) in [5.41, 5.74) is 5.64. The van der Waals surface area contributed by atoms with E-state index in [4.69, 9.17) is 5.73 Å². The Morgan fingerprint density at radius 2 is 2.00 bits per heavy atom. The van der Waals surface area contributed by atoms with Crippen molar-refractivity contribution < 1.29 is 13.2 Å². The van der Waals surface area contributed by atoms with E-state index in [0.29, 0.717) is 11.6 Å². The van der Waals surface area contributed by atoms with Crippen LogP contribution < -0.4 is 10.6 Å². The van der Waals surface area contributed by atoms with Crippen molar-refractivity contribution in [3.8, 4) is 0 Å². The molecule has 0 aromatic heterocycles. The highest BCUT2D eigenvalue weighted by Crippen LogP contribution is 2.34. The maximum atomic E-state index is 12.7. The Bertz CT molecular complexity index is 429. The molecule has 2 rings (SSSR count). The van der Waals surface area contributed by atoms with Crippen LogP contribution in [0.5, 0.6) is 0 Å². The molecule has 1 saturated heterocycles. The Morgan fingerprint density at radius 1 is 1.28 bits per heavy atom. The van der Waals surface area contributed by atoms with Gasteiger partial charge in [0.1, 0.15) is 0 Å². The van der Waals surface area contributed by atoms with E-state index in [-0.39, 0.29) is 5.69 Å². The Morgan fingerprint density at radius 3 is 2.61 bits per heavy atom. The van der Waals surface area contributed by atoms with E-state index in [0.717, 1.165) is 32.0 Å². The van der Waals surface area contributed by atoms with Crippen molar-refractivity contribution in [2.45, 2.75) is 25.9 Å². The van der Waals surface area contributed by atoms with Gasteiger partial charge in [0, 0.05) is 24.5 Å². The lowest BCUT2D eigenvalue weighted by Gasteiger charge is -2.33. The maximum Gasteiger partial charge on any atom is 0.416 e. The smallest absolute Gasteiger partial charge is 0.399 e.